The van der Waals surface area contributed by atoms with Gasteiger partial charge >= 0.3 is 0 Å². The Bertz CT molecular complexity index is 739. The van der Waals surface area contributed by atoms with Crippen molar-refractivity contribution in [1.29, 1.82) is 0 Å². The fourth-order valence-corrected chi connectivity index (χ4v) is 3.03. The predicted octanol–water partition coefficient (Wildman–Crippen LogP) is 3.48. The average Bonchev–Trinajstić information content (AvgIpc) is 3.18. The van der Waals surface area contributed by atoms with Gasteiger partial charge in [-0.05, 0) is 30.7 Å². The number of halogens is 3. The van der Waals surface area contributed by atoms with Crippen LogP contribution in [-0.2, 0) is 13.6 Å². The van der Waals surface area contributed by atoms with Crippen LogP contribution in [0.4, 0.5) is 8.78 Å². The van der Waals surface area contributed by atoms with Crippen LogP contribution in [0, 0.1) is 11.6 Å². The molecule has 0 aliphatic heterocycles. The van der Waals surface area contributed by atoms with Gasteiger partial charge in [0, 0.05) is 50.6 Å². The molecule has 0 bridgehead atoms. The maximum Gasteiger partial charge on any atom is 0.193 e. The molecular formula is C18H23F2IN4. The first-order chi connectivity index (χ1) is 11.5. The zero-order valence-electron chi connectivity index (χ0n) is 14.5. The van der Waals surface area contributed by atoms with Crippen molar-refractivity contribution >= 4 is 29.9 Å². The van der Waals surface area contributed by atoms with E-state index in [-0.39, 0.29) is 41.5 Å². The van der Waals surface area contributed by atoms with Gasteiger partial charge in [-0.2, -0.15) is 0 Å². The highest BCUT2D eigenvalue weighted by Gasteiger charge is 2.42. The molecule has 7 heteroatoms. The molecule has 1 fully saturated rings. The van der Waals surface area contributed by atoms with Crippen LogP contribution in [0.15, 0.2) is 41.5 Å². The number of nitrogens with zero attached hydrogens (tertiary/aromatic N) is 3. The number of hydrogen-bond acceptors (Lipinski definition) is 1. The number of rotatable bonds is 4. The Kier molecular flexibility index (Phi) is 6.42. The van der Waals surface area contributed by atoms with Gasteiger partial charge in [0.15, 0.2) is 5.96 Å². The van der Waals surface area contributed by atoms with Gasteiger partial charge in [-0.1, -0.05) is 6.07 Å². The van der Waals surface area contributed by atoms with Crippen molar-refractivity contribution in [3.05, 3.63) is 59.4 Å². The highest BCUT2D eigenvalue weighted by molar-refractivity contribution is 14.0. The van der Waals surface area contributed by atoms with E-state index in [9.17, 15) is 8.78 Å². The first kappa shape index (κ1) is 19.7. The van der Waals surface area contributed by atoms with Gasteiger partial charge in [0.25, 0.3) is 0 Å². The maximum atomic E-state index is 13.9. The van der Waals surface area contributed by atoms with Gasteiger partial charge in [0.2, 0.25) is 0 Å². The molecule has 1 heterocycles. The lowest BCUT2D eigenvalue weighted by molar-refractivity contribution is 0.460. The Hall–Kier alpha value is -1.64. The van der Waals surface area contributed by atoms with E-state index in [0.717, 1.165) is 11.7 Å². The Morgan fingerprint density at radius 3 is 2.52 bits per heavy atom. The van der Waals surface area contributed by atoms with Gasteiger partial charge in [0.1, 0.15) is 11.6 Å². The number of hydrogen-bond donors (Lipinski definition) is 1. The number of aryl methyl sites for hydroxylation is 1. The number of aliphatic imine (C=N–C) groups is 1. The molecule has 1 aliphatic carbocycles. The molecule has 0 amide bonds. The van der Waals surface area contributed by atoms with E-state index < -0.39 is 11.6 Å². The summed E-state index contributed by atoms with van der Waals surface area (Å²) in [7, 11) is 5.66. The fourth-order valence-electron chi connectivity index (χ4n) is 3.03. The minimum Gasteiger partial charge on any atom is -0.353 e. The van der Waals surface area contributed by atoms with E-state index in [2.05, 4.69) is 20.9 Å². The summed E-state index contributed by atoms with van der Waals surface area (Å²) in [6.45, 7) is 0.703. The average molecular weight is 460 g/mol. The summed E-state index contributed by atoms with van der Waals surface area (Å²) in [4.78, 5) is 6.29. The van der Waals surface area contributed by atoms with Crippen molar-refractivity contribution in [2.45, 2.75) is 24.9 Å². The highest BCUT2D eigenvalue weighted by Crippen LogP contribution is 2.43. The smallest absolute Gasteiger partial charge is 0.193 e. The predicted molar refractivity (Wildman–Crippen MR) is 106 cm³/mol. The summed E-state index contributed by atoms with van der Waals surface area (Å²) < 4.78 is 29.8. The molecule has 0 saturated heterocycles. The lowest BCUT2D eigenvalue weighted by Gasteiger charge is -2.22. The van der Waals surface area contributed by atoms with Crippen LogP contribution >= 0.6 is 24.0 Å². The van der Waals surface area contributed by atoms with Crippen LogP contribution in [0.1, 0.15) is 23.6 Å². The second-order valence-corrected chi connectivity index (χ2v) is 6.24. The van der Waals surface area contributed by atoms with Crippen LogP contribution in [0.25, 0.3) is 0 Å². The number of guanidine groups is 1. The van der Waals surface area contributed by atoms with Crippen molar-refractivity contribution in [3.8, 4) is 0 Å². The molecule has 2 unspecified atom stereocenters. The van der Waals surface area contributed by atoms with Crippen molar-refractivity contribution in [2.75, 3.05) is 14.1 Å². The molecule has 1 aliphatic rings. The third kappa shape index (κ3) is 4.31. The van der Waals surface area contributed by atoms with Crippen molar-refractivity contribution in [1.82, 2.24) is 14.8 Å². The standard InChI is InChI=1S/C18H22F2N4.HI/c1-21-18(24(3)11-12-6-5-9-23(12)2)22-16-10-13(16)17-14(19)7-4-8-15(17)20;/h4-9,13,16H,10-11H2,1-3H3,(H,21,22);1H. The van der Waals surface area contributed by atoms with E-state index in [4.69, 9.17) is 0 Å². The van der Waals surface area contributed by atoms with Crippen molar-refractivity contribution in [2.24, 2.45) is 12.0 Å². The van der Waals surface area contributed by atoms with Crippen LogP contribution in [-0.4, -0.2) is 35.6 Å². The third-order valence-corrected chi connectivity index (χ3v) is 4.50. The van der Waals surface area contributed by atoms with Crippen LogP contribution < -0.4 is 5.32 Å². The summed E-state index contributed by atoms with van der Waals surface area (Å²) >= 11 is 0. The normalized spacial score (nSPS) is 19.3. The molecule has 136 valence electrons. The number of aromatic nitrogens is 1. The topological polar surface area (TPSA) is 32.6 Å². The zero-order chi connectivity index (χ0) is 17.3. The highest BCUT2D eigenvalue weighted by atomic mass is 127. The summed E-state index contributed by atoms with van der Waals surface area (Å²) in [6.07, 6.45) is 2.70. The van der Waals surface area contributed by atoms with Gasteiger partial charge in [-0.25, -0.2) is 8.78 Å². The molecule has 25 heavy (non-hydrogen) atoms. The SMILES string of the molecule is CN=C(NC1CC1c1c(F)cccc1F)N(C)Cc1cccn1C.I. The minimum atomic E-state index is -0.476. The molecule has 1 N–H and O–H groups in total. The monoisotopic (exact) mass is 460 g/mol. The number of benzene rings is 1. The lowest BCUT2D eigenvalue weighted by atomic mass is 10.1. The maximum absolute atomic E-state index is 13.9. The quantitative estimate of drug-likeness (QED) is 0.431. The zero-order valence-corrected chi connectivity index (χ0v) is 16.9. The van der Waals surface area contributed by atoms with E-state index >= 15 is 0 Å². The molecule has 3 rings (SSSR count). The van der Waals surface area contributed by atoms with E-state index in [1.54, 1.807) is 7.05 Å². The summed E-state index contributed by atoms with van der Waals surface area (Å²) in [5, 5.41) is 3.31. The molecule has 0 radical (unpaired) electrons. The molecule has 1 saturated carbocycles. The second-order valence-electron chi connectivity index (χ2n) is 6.24. The Labute approximate surface area is 164 Å². The first-order valence-electron chi connectivity index (χ1n) is 7.99. The van der Waals surface area contributed by atoms with Crippen LogP contribution in [0.2, 0.25) is 0 Å². The van der Waals surface area contributed by atoms with E-state index in [1.165, 1.54) is 18.2 Å². The molecule has 4 nitrogen and oxygen atoms in total. The van der Waals surface area contributed by atoms with Crippen molar-refractivity contribution < 1.29 is 8.78 Å². The Balaban J connectivity index is 0.00000225. The first-order valence-corrected chi connectivity index (χ1v) is 7.99. The molecule has 2 aromatic rings. The summed E-state index contributed by atoms with van der Waals surface area (Å²) in [6, 6.07) is 8.07. The molecular weight excluding hydrogens is 437 g/mol. The van der Waals surface area contributed by atoms with Gasteiger partial charge < -0.3 is 14.8 Å². The minimum absolute atomic E-state index is 0. The molecule has 1 aromatic carbocycles. The molecule has 0 spiro atoms. The van der Waals surface area contributed by atoms with E-state index in [0.29, 0.717) is 13.0 Å². The number of nitrogens with one attached hydrogen (secondary N) is 1. The molecule has 2 atom stereocenters. The summed E-state index contributed by atoms with van der Waals surface area (Å²) in [5.41, 5.74) is 1.34. The third-order valence-electron chi connectivity index (χ3n) is 4.50. The fraction of sp³-hybridized carbons (Fsp3) is 0.389. The summed E-state index contributed by atoms with van der Waals surface area (Å²) in [5.74, 6) is -0.375. The van der Waals surface area contributed by atoms with Crippen molar-refractivity contribution in [3.63, 3.8) is 0 Å². The van der Waals surface area contributed by atoms with Gasteiger partial charge in [-0.3, -0.25) is 4.99 Å². The largest absolute Gasteiger partial charge is 0.353 e. The van der Waals surface area contributed by atoms with Crippen LogP contribution in [0.5, 0.6) is 0 Å². The molecule has 1 aromatic heterocycles. The Morgan fingerprint density at radius 2 is 1.96 bits per heavy atom. The second kappa shape index (κ2) is 8.16. The van der Waals surface area contributed by atoms with Gasteiger partial charge in [0.05, 0.1) is 6.54 Å². The van der Waals surface area contributed by atoms with Gasteiger partial charge in [-0.15, -0.1) is 24.0 Å². The van der Waals surface area contributed by atoms with Crippen LogP contribution in [0.3, 0.4) is 0 Å². The van der Waals surface area contributed by atoms with E-state index in [1.807, 2.05) is 31.3 Å². The Morgan fingerprint density at radius 1 is 1.28 bits per heavy atom. The lowest BCUT2D eigenvalue weighted by Crippen LogP contribution is -2.40.